The van der Waals surface area contributed by atoms with Crippen LogP contribution in [0.3, 0.4) is 0 Å². The second-order valence-corrected chi connectivity index (χ2v) is 6.31. The first-order valence-electron chi connectivity index (χ1n) is 8.75. The van der Waals surface area contributed by atoms with Crippen LogP contribution in [0.4, 0.5) is 11.4 Å². The number of amides is 1. The first-order valence-corrected chi connectivity index (χ1v) is 8.75. The average molecular weight is 338 g/mol. The van der Waals surface area contributed by atoms with E-state index in [1.165, 1.54) is 5.56 Å². The van der Waals surface area contributed by atoms with Gasteiger partial charge in [-0.15, -0.1) is 0 Å². The monoisotopic (exact) mass is 338 g/mol. The minimum atomic E-state index is 0.00160. The molecule has 2 heterocycles. The molecule has 1 amide bonds. The lowest BCUT2D eigenvalue weighted by atomic mass is 10.1. The van der Waals surface area contributed by atoms with E-state index >= 15 is 0 Å². The maximum absolute atomic E-state index is 12.6. The zero-order chi connectivity index (χ0) is 17.1. The highest BCUT2D eigenvalue weighted by Crippen LogP contribution is 2.32. The average Bonchev–Trinajstić information content (AvgIpc) is 3.11. The number of rotatable bonds is 4. The molecule has 1 fully saturated rings. The molecule has 0 spiro atoms. The molecule has 0 atom stereocenters. The molecule has 5 nitrogen and oxygen atoms in total. The zero-order valence-corrected chi connectivity index (χ0v) is 14.2. The molecule has 2 aromatic rings. The number of anilines is 2. The Balaban J connectivity index is 1.47. The molecule has 1 saturated heterocycles. The van der Waals surface area contributed by atoms with Crippen molar-refractivity contribution < 1.29 is 14.3 Å². The molecule has 0 saturated carbocycles. The minimum Gasteiger partial charge on any atom is -0.484 e. The largest absolute Gasteiger partial charge is 0.484 e. The van der Waals surface area contributed by atoms with E-state index in [2.05, 4.69) is 23.1 Å². The van der Waals surface area contributed by atoms with Gasteiger partial charge in [-0.1, -0.05) is 24.3 Å². The molecule has 0 radical (unpaired) electrons. The van der Waals surface area contributed by atoms with Crippen LogP contribution < -0.4 is 14.5 Å². The molecule has 0 N–H and O–H groups in total. The van der Waals surface area contributed by atoms with Crippen LogP contribution in [-0.2, 0) is 16.0 Å². The predicted molar refractivity (Wildman–Crippen MR) is 97.5 cm³/mol. The Morgan fingerprint density at radius 2 is 1.84 bits per heavy atom. The normalized spacial score (nSPS) is 16.6. The second kappa shape index (κ2) is 7.15. The third-order valence-corrected chi connectivity index (χ3v) is 4.75. The van der Waals surface area contributed by atoms with Crippen LogP contribution in [0.15, 0.2) is 48.5 Å². The van der Waals surface area contributed by atoms with Crippen molar-refractivity contribution in [2.24, 2.45) is 0 Å². The molecule has 0 unspecified atom stereocenters. The molecule has 2 aromatic carbocycles. The number of nitrogens with zero attached hydrogens (tertiary/aromatic N) is 2. The molecule has 0 aliphatic carbocycles. The van der Waals surface area contributed by atoms with Crippen LogP contribution in [0.5, 0.6) is 5.75 Å². The van der Waals surface area contributed by atoms with Gasteiger partial charge < -0.3 is 19.3 Å². The molecule has 4 rings (SSSR count). The van der Waals surface area contributed by atoms with E-state index in [-0.39, 0.29) is 12.5 Å². The van der Waals surface area contributed by atoms with Gasteiger partial charge in [0.05, 0.1) is 13.2 Å². The maximum atomic E-state index is 12.6. The highest BCUT2D eigenvalue weighted by atomic mass is 16.5. The Labute approximate surface area is 147 Å². The minimum absolute atomic E-state index is 0.00160. The lowest BCUT2D eigenvalue weighted by Gasteiger charge is -2.29. The van der Waals surface area contributed by atoms with E-state index in [0.717, 1.165) is 56.4 Å². The van der Waals surface area contributed by atoms with Crippen LogP contribution in [0, 0.1) is 0 Å². The molecular formula is C20H22N2O3. The Morgan fingerprint density at radius 1 is 1.04 bits per heavy atom. The first-order chi connectivity index (χ1) is 12.3. The van der Waals surface area contributed by atoms with Crippen LogP contribution in [0.25, 0.3) is 0 Å². The molecule has 5 heteroatoms. The number of benzene rings is 2. The molecule has 0 aromatic heterocycles. The van der Waals surface area contributed by atoms with Gasteiger partial charge in [-0.05, 0) is 36.2 Å². The lowest BCUT2D eigenvalue weighted by molar-refractivity contribution is -0.120. The fourth-order valence-corrected chi connectivity index (χ4v) is 3.38. The number of hydrogen-bond donors (Lipinski definition) is 0. The number of morpholine rings is 1. The topological polar surface area (TPSA) is 42.0 Å². The van der Waals surface area contributed by atoms with Crippen molar-refractivity contribution in [1.29, 1.82) is 0 Å². The van der Waals surface area contributed by atoms with E-state index in [1.54, 1.807) is 0 Å². The fraction of sp³-hybridized carbons (Fsp3) is 0.350. The predicted octanol–water partition coefficient (Wildman–Crippen LogP) is 2.49. The Kier molecular flexibility index (Phi) is 4.57. The number of ether oxygens (including phenoxy) is 2. The maximum Gasteiger partial charge on any atom is 0.264 e. The van der Waals surface area contributed by atoms with Crippen molar-refractivity contribution in [3.63, 3.8) is 0 Å². The molecule has 2 aliphatic heterocycles. The van der Waals surface area contributed by atoms with Crippen molar-refractivity contribution >= 4 is 17.3 Å². The first kappa shape index (κ1) is 16.0. The smallest absolute Gasteiger partial charge is 0.264 e. The number of para-hydroxylation sites is 1. The van der Waals surface area contributed by atoms with Gasteiger partial charge in [0.15, 0.2) is 6.61 Å². The van der Waals surface area contributed by atoms with E-state index < -0.39 is 0 Å². The zero-order valence-electron chi connectivity index (χ0n) is 14.2. The molecular weight excluding hydrogens is 316 g/mol. The summed E-state index contributed by atoms with van der Waals surface area (Å²) in [4.78, 5) is 16.8. The summed E-state index contributed by atoms with van der Waals surface area (Å²) in [6.45, 7) is 4.08. The third kappa shape index (κ3) is 3.46. The van der Waals surface area contributed by atoms with Gasteiger partial charge >= 0.3 is 0 Å². The highest BCUT2D eigenvalue weighted by molar-refractivity contribution is 5.97. The van der Waals surface area contributed by atoms with Gasteiger partial charge in [0, 0.05) is 31.0 Å². The highest BCUT2D eigenvalue weighted by Gasteiger charge is 2.26. The van der Waals surface area contributed by atoms with Gasteiger partial charge in [-0.2, -0.15) is 0 Å². The molecule has 130 valence electrons. The fourth-order valence-electron chi connectivity index (χ4n) is 3.38. The molecule has 25 heavy (non-hydrogen) atoms. The summed E-state index contributed by atoms with van der Waals surface area (Å²) >= 11 is 0. The van der Waals surface area contributed by atoms with E-state index in [1.807, 2.05) is 35.2 Å². The summed E-state index contributed by atoms with van der Waals surface area (Å²) in [5.74, 6) is 0.721. The van der Waals surface area contributed by atoms with Crippen molar-refractivity contribution in [1.82, 2.24) is 0 Å². The van der Waals surface area contributed by atoms with Gasteiger partial charge in [0.1, 0.15) is 5.75 Å². The van der Waals surface area contributed by atoms with E-state index in [9.17, 15) is 4.79 Å². The van der Waals surface area contributed by atoms with Crippen LogP contribution in [0.2, 0.25) is 0 Å². The number of carbonyl (C=O) groups excluding carboxylic acids is 1. The van der Waals surface area contributed by atoms with Crippen molar-refractivity contribution in [3.8, 4) is 5.75 Å². The van der Waals surface area contributed by atoms with Crippen LogP contribution >= 0.6 is 0 Å². The number of fused-ring (bicyclic) bond motifs is 1. The van der Waals surface area contributed by atoms with Crippen molar-refractivity contribution in [2.45, 2.75) is 6.42 Å². The van der Waals surface area contributed by atoms with Crippen LogP contribution in [0.1, 0.15) is 5.56 Å². The summed E-state index contributed by atoms with van der Waals surface area (Å²) in [6, 6.07) is 15.9. The van der Waals surface area contributed by atoms with Crippen molar-refractivity contribution in [2.75, 3.05) is 49.3 Å². The van der Waals surface area contributed by atoms with Gasteiger partial charge in [0.25, 0.3) is 5.91 Å². The van der Waals surface area contributed by atoms with Gasteiger partial charge in [0.2, 0.25) is 0 Å². The summed E-state index contributed by atoms with van der Waals surface area (Å²) in [5.41, 5.74) is 3.40. The van der Waals surface area contributed by atoms with E-state index in [4.69, 9.17) is 9.47 Å². The molecule has 2 aliphatic rings. The summed E-state index contributed by atoms with van der Waals surface area (Å²) in [5, 5.41) is 0. The number of hydrogen-bond acceptors (Lipinski definition) is 4. The second-order valence-electron chi connectivity index (χ2n) is 6.31. The van der Waals surface area contributed by atoms with Gasteiger partial charge in [-0.25, -0.2) is 0 Å². The van der Waals surface area contributed by atoms with Crippen LogP contribution in [-0.4, -0.2) is 45.4 Å². The van der Waals surface area contributed by atoms with Crippen molar-refractivity contribution in [3.05, 3.63) is 54.1 Å². The van der Waals surface area contributed by atoms with E-state index in [0.29, 0.717) is 0 Å². The number of carbonyl (C=O) groups is 1. The summed E-state index contributed by atoms with van der Waals surface area (Å²) in [6.07, 6.45) is 0.899. The Hall–Kier alpha value is -2.53. The van der Waals surface area contributed by atoms with Gasteiger partial charge in [-0.3, -0.25) is 4.79 Å². The standard InChI is InChI=1S/C20H22N2O3/c23-20(15-25-18-4-2-1-3-5-18)22-9-8-16-6-7-17(14-19(16)22)21-10-12-24-13-11-21/h1-7,14H,8-13,15H2. The summed E-state index contributed by atoms with van der Waals surface area (Å²) in [7, 11) is 0. The molecule has 0 bridgehead atoms. The third-order valence-electron chi connectivity index (χ3n) is 4.75. The quantitative estimate of drug-likeness (QED) is 0.859. The SMILES string of the molecule is O=C(COc1ccccc1)N1CCc2ccc(N3CCOCC3)cc21. The lowest BCUT2D eigenvalue weighted by Crippen LogP contribution is -2.36. The Morgan fingerprint density at radius 3 is 2.64 bits per heavy atom. The summed E-state index contributed by atoms with van der Waals surface area (Å²) < 4.78 is 11.0. The Bertz CT molecular complexity index is 742.